The first-order valence-electron chi connectivity index (χ1n) is 9.17. The Hall–Kier alpha value is -3.73. The van der Waals surface area contributed by atoms with Gasteiger partial charge in [-0.25, -0.2) is 13.1 Å². The summed E-state index contributed by atoms with van der Waals surface area (Å²) in [4.78, 5) is 0.0453. The monoisotopic (exact) mass is 446 g/mol. The molecule has 4 rings (SSSR count). The van der Waals surface area contributed by atoms with E-state index in [1.165, 1.54) is 12.1 Å². The van der Waals surface area contributed by atoms with Crippen LogP contribution in [0.1, 0.15) is 5.56 Å². The lowest BCUT2D eigenvalue weighted by molar-refractivity contribution is 0.585. The molecule has 3 aromatic carbocycles. The Morgan fingerprint density at radius 2 is 1.48 bits per heavy atom. The van der Waals surface area contributed by atoms with Gasteiger partial charge in [0.25, 0.3) is 0 Å². The summed E-state index contributed by atoms with van der Waals surface area (Å²) in [5, 5.41) is 23.0. The quantitative estimate of drug-likeness (QED) is 0.502. The molecule has 0 aliphatic carbocycles. The number of benzene rings is 3. The summed E-state index contributed by atoms with van der Waals surface area (Å²) in [6, 6.07) is 25.0. The van der Waals surface area contributed by atoms with Crippen LogP contribution >= 0.6 is 11.6 Å². The second kappa shape index (κ2) is 8.19. The summed E-state index contributed by atoms with van der Waals surface area (Å²) in [5.74, 6) is 0. The van der Waals surface area contributed by atoms with Crippen LogP contribution in [0.3, 0.4) is 0 Å². The summed E-state index contributed by atoms with van der Waals surface area (Å²) >= 11 is 5.96. The average Bonchev–Trinajstić information content (AvgIpc) is 2.80. The van der Waals surface area contributed by atoms with Crippen molar-refractivity contribution in [2.24, 2.45) is 0 Å². The largest absolute Gasteiger partial charge is 0.282 e. The third kappa shape index (κ3) is 3.75. The molecule has 8 heteroatoms. The molecule has 1 aromatic heterocycles. The highest BCUT2D eigenvalue weighted by Gasteiger charge is 2.28. The van der Waals surface area contributed by atoms with Gasteiger partial charge in [-0.3, -0.25) is 5.41 Å². The average molecular weight is 447 g/mol. The van der Waals surface area contributed by atoms with Gasteiger partial charge in [0.2, 0.25) is 9.84 Å². The van der Waals surface area contributed by atoms with Crippen molar-refractivity contribution in [3.63, 3.8) is 0 Å². The van der Waals surface area contributed by atoms with Crippen molar-refractivity contribution in [3.8, 4) is 22.9 Å². The van der Waals surface area contributed by atoms with Crippen molar-refractivity contribution in [2.45, 2.75) is 9.92 Å². The van der Waals surface area contributed by atoms with Gasteiger partial charge in [-0.05, 0) is 42.0 Å². The molecule has 0 unspecified atom stereocenters. The number of nitriles is 1. The summed E-state index contributed by atoms with van der Waals surface area (Å²) in [6.07, 6.45) is 0. The summed E-state index contributed by atoms with van der Waals surface area (Å²) < 4.78 is 28.3. The molecule has 31 heavy (non-hydrogen) atoms. The fraction of sp³-hybridized carbons (Fsp3) is 0. The molecule has 0 radical (unpaired) electrons. The molecule has 6 nitrogen and oxygen atoms in total. The zero-order valence-electron chi connectivity index (χ0n) is 16.0. The van der Waals surface area contributed by atoms with E-state index in [1.54, 1.807) is 72.8 Å². The number of rotatable bonds is 4. The molecule has 1 N–H and O–H groups in total. The molecule has 0 aliphatic heterocycles. The predicted octanol–water partition coefficient (Wildman–Crippen LogP) is 4.38. The van der Waals surface area contributed by atoms with Gasteiger partial charge in [0.05, 0.1) is 10.6 Å². The van der Waals surface area contributed by atoms with E-state index in [0.29, 0.717) is 16.3 Å². The van der Waals surface area contributed by atoms with Crippen molar-refractivity contribution < 1.29 is 8.42 Å². The third-order valence-corrected chi connectivity index (χ3v) is 6.60. The molecule has 0 atom stereocenters. The van der Waals surface area contributed by atoms with Crippen LogP contribution in [0.5, 0.6) is 0 Å². The van der Waals surface area contributed by atoms with Crippen LogP contribution in [0.25, 0.3) is 16.8 Å². The van der Waals surface area contributed by atoms with Crippen LogP contribution in [0.4, 0.5) is 0 Å². The van der Waals surface area contributed by atoms with Crippen LogP contribution in [0.2, 0.25) is 5.02 Å². The highest BCUT2D eigenvalue weighted by atomic mass is 35.5. The van der Waals surface area contributed by atoms with E-state index in [4.69, 9.17) is 17.0 Å². The molecule has 0 spiro atoms. The van der Waals surface area contributed by atoms with Crippen LogP contribution in [0.15, 0.2) is 94.9 Å². The van der Waals surface area contributed by atoms with E-state index in [-0.39, 0.29) is 26.5 Å². The first-order valence-corrected chi connectivity index (χ1v) is 11.0. The summed E-state index contributed by atoms with van der Waals surface area (Å²) in [5.41, 5.74) is 0.677. The third-order valence-electron chi connectivity index (χ3n) is 4.66. The molecular formula is C23H15ClN4O2S. The maximum absolute atomic E-state index is 13.6. The van der Waals surface area contributed by atoms with Crippen LogP contribution in [0, 0.1) is 16.7 Å². The van der Waals surface area contributed by atoms with E-state index in [9.17, 15) is 13.7 Å². The van der Waals surface area contributed by atoms with Crippen LogP contribution < -0.4 is 5.49 Å². The number of halogens is 1. The Balaban J connectivity index is 2.13. The smallest absolute Gasteiger partial charge is 0.226 e. The lowest BCUT2D eigenvalue weighted by Crippen LogP contribution is -2.28. The van der Waals surface area contributed by atoms with E-state index in [2.05, 4.69) is 5.10 Å². The van der Waals surface area contributed by atoms with Crippen LogP contribution in [-0.2, 0) is 9.84 Å². The number of sulfone groups is 1. The number of aromatic nitrogens is 2. The lowest BCUT2D eigenvalue weighted by Gasteiger charge is -2.16. The van der Waals surface area contributed by atoms with Crippen molar-refractivity contribution in [1.82, 2.24) is 9.78 Å². The van der Waals surface area contributed by atoms with E-state index < -0.39 is 9.84 Å². The summed E-state index contributed by atoms with van der Waals surface area (Å²) in [7, 11) is -4.10. The van der Waals surface area contributed by atoms with Crippen molar-refractivity contribution in [2.75, 3.05) is 0 Å². The Morgan fingerprint density at radius 1 is 0.903 bits per heavy atom. The van der Waals surface area contributed by atoms with E-state index in [0.717, 1.165) is 4.68 Å². The second-order valence-electron chi connectivity index (χ2n) is 6.59. The SMILES string of the molecule is N#Cc1c(-c2ccccc2)c(S(=O)(=O)c2ccccc2)nn(-c2ccc(Cl)cc2)c1=N. The molecule has 152 valence electrons. The van der Waals surface area contributed by atoms with Crippen LogP contribution in [-0.4, -0.2) is 18.2 Å². The first-order chi connectivity index (χ1) is 14.9. The van der Waals surface area contributed by atoms with Gasteiger partial charge in [-0.2, -0.15) is 10.4 Å². The first kappa shape index (κ1) is 20.5. The fourth-order valence-electron chi connectivity index (χ4n) is 3.17. The van der Waals surface area contributed by atoms with E-state index in [1.807, 2.05) is 6.07 Å². The van der Waals surface area contributed by atoms with Gasteiger partial charge in [-0.1, -0.05) is 60.1 Å². The number of hydrogen-bond acceptors (Lipinski definition) is 5. The molecule has 0 bridgehead atoms. The van der Waals surface area contributed by atoms with Gasteiger partial charge in [0.1, 0.15) is 11.6 Å². The van der Waals surface area contributed by atoms with Gasteiger partial charge in [-0.15, -0.1) is 0 Å². The Kier molecular flexibility index (Phi) is 5.42. The normalized spacial score (nSPS) is 11.1. The number of nitrogens with zero attached hydrogens (tertiary/aromatic N) is 3. The van der Waals surface area contributed by atoms with Gasteiger partial charge in [0, 0.05) is 10.6 Å². The molecule has 1 heterocycles. The molecule has 0 saturated carbocycles. The molecule has 4 aromatic rings. The maximum Gasteiger partial charge on any atom is 0.226 e. The minimum absolute atomic E-state index is 0.0453. The minimum Gasteiger partial charge on any atom is -0.282 e. The Morgan fingerprint density at radius 3 is 2.06 bits per heavy atom. The van der Waals surface area contributed by atoms with Gasteiger partial charge in [0.15, 0.2) is 10.5 Å². The number of hydrogen-bond donors (Lipinski definition) is 1. The highest BCUT2D eigenvalue weighted by Crippen LogP contribution is 2.31. The zero-order chi connectivity index (χ0) is 22.0. The predicted molar refractivity (Wildman–Crippen MR) is 116 cm³/mol. The summed E-state index contributed by atoms with van der Waals surface area (Å²) in [6.45, 7) is 0. The van der Waals surface area contributed by atoms with Crippen molar-refractivity contribution in [1.29, 1.82) is 10.7 Å². The highest BCUT2D eigenvalue weighted by molar-refractivity contribution is 7.91. The van der Waals surface area contributed by atoms with E-state index >= 15 is 0 Å². The topological polar surface area (TPSA) is 99.6 Å². The number of nitrogens with one attached hydrogen (secondary N) is 1. The molecule has 0 saturated heterocycles. The Labute approximate surface area is 184 Å². The standard InChI is InChI=1S/C23H15ClN4O2S/c24-17-11-13-18(14-12-17)28-22(26)20(15-25)21(16-7-3-1-4-8-16)23(27-28)31(29,30)19-9-5-2-6-10-19/h1-14,26H. The molecule has 0 amide bonds. The lowest BCUT2D eigenvalue weighted by atomic mass is 10.0. The van der Waals surface area contributed by atoms with Gasteiger partial charge < -0.3 is 0 Å². The molecular weight excluding hydrogens is 432 g/mol. The molecule has 0 aliphatic rings. The minimum atomic E-state index is -4.10. The maximum atomic E-state index is 13.6. The Bertz CT molecular complexity index is 1460. The van der Waals surface area contributed by atoms with Crippen molar-refractivity contribution in [3.05, 3.63) is 101 Å². The fourth-order valence-corrected chi connectivity index (χ4v) is 4.71. The zero-order valence-corrected chi connectivity index (χ0v) is 17.6. The van der Waals surface area contributed by atoms with Gasteiger partial charge >= 0.3 is 0 Å². The van der Waals surface area contributed by atoms with Crippen molar-refractivity contribution >= 4 is 21.4 Å². The molecule has 0 fully saturated rings. The second-order valence-corrected chi connectivity index (χ2v) is 8.89.